The van der Waals surface area contributed by atoms with Gasteiger partial charge in [0.05, 0.1) is 11.1 Å². The predicted molar refractivity (Wildman–Crippen MR) is 113 cm³/mol. The Balaban J connectivity index is 1.53. The van der Waals surface area contributed by atoms with Crippen LogP contribution < -0.4 is 15.1 Å². The molecule has 0 unspecified atom stereocenters. The third-order valence-corrected chi connectivity index (χ3v) is 5.81. The van der Waals surface area contributed by atoms with E-state index in [1.54, 1.807) is 18.2 Å². The fourth-order valence-corrected chi connectivity index (χ4v) is 4.03. The lowest BCUT2D eigenvalue weighted by Crippen LogP contribution is -2.43. The van der Waals surface area contributed by atoms with Crippen molar-refractivity contribution in [3.8, 4) is 28.4 Å². The van der Waals surface area contributed by atoms with E-state index < -0.39 is 5.63 Å². The summed E-state index contributed by atoms with van der Waals surface area (Å²) in [7, 11) is 2.10. The first-order valence-electron chi connectivity index (χ1n) is 10.2. The van der Waals surface area contributed by atoms with Crippen molar-refractivity contribution < 1.29 is 19.0 Å². The molecule has 1 N–H and O–H groups in total. The van der Waals surface area contributed by atoms with Gasteiger partial charge < -0.3 is 23.9 Å². The highest BCUT2D eigenvalue weighted by Crippen LogP contribution is 2.35. The van der Waals surface area contributed by atoms with Gasteiger partial charge in [0.25, 0.3) is 0 Å². The Bertz CT molecular complexity index is 1150. The van der Waals surface area contributed by atoms with Crippen molar-refractivity contribution in [2.24, 2.45) is 0 Å². The Hall–Kier alpha value is -3.03. The summed E-state index contributed by atoms with van der Waals surface area (Å²) in [5.74, 6) is 1.45. The van der Waals surface area contributed by atoms with Crippen molar-refractivity contribution in [3.05, 3.63) is 52.4 Å². The fourth-order valence-electron chi connectivity index (χ4n) is 4.03. The van der Waals surface area contributed by atoms with Crippen molar-refractivity contribution in [2.45, 2.75) is 6.54 Å². The molecule has 1 saturated heterocycles. The maximum atomic E-state index is 12.9. The molecule has 0 saturated carbocycles. The van der Waals surface area contributed by atoms with E-state index in [2.05, 4.69) is 16.8 Å². The molecule has 3 aromatic rings. The van der Waals surface area contributed by atoms with Gasteiger partial charge in [0.15, 0.2) is 11.5 Å². The third kappa shape index (κ3) is 3.51. The molecule has 0 bridgehead atoms. The SMILES string of the molecule is CN1CCN(Cc2c(O)ccc3cc(-c4ccc5c(c4)OCCO5)c(=O)oc23)CC1. The summed E-state index contributed by atoms with van der Waals surface area (Å²) in [6.45, 7) is 5.32. The lowest BCUT2D eigenvalue weighted by molar-refractivity contribution is 0.147. The highest BCUT2D eigenvalue weighted by molar-refractivity contribution is 5.86. The summed E-state index contributed by atoms with van der Waals surface area (Å²) in [6, 6.07) is 10.7. The number of aromatic hydroxyl groups is 1. The maximum Gasteiger partial charge on any atom is 0.344 e. The highest BCUT2D eigenvalue weighted by atomic mass is 16.6. The van der Waals surface area contributed by atoms with E-state index in [0.29, 0.717) is 53.5 Å². The number of piperazine rings is 1. The molecule has 156 valence electrons. The second-order valence-electron chi connectivity index (χ2n) is 7.87. The van der Waals surface area contributed by atoms with Crippen LogP contribution in [0.3, 0.4) is 0 Å². The molecule has 0 radical (unpaired) electrons. The van der Waals surface area contributed by atoms with Crippen LogP contribution in [-0.4, -0.2) is 61.3 Å². The van der Waals surface area contributed by atoms with E-state index in [0.717, 1.165) is 31.6 Å². The lowest BCUT2D eigenvalue weighted by Gasteiger charge is -2.32. The van der Waals surface area contributed by atoms with E-state index in [4.69, 9.17) is 13.9 Å². The van der Waals surface area contributed by atoms with Gasteiger partial charge in [-0.2, -0.15) is 0 Å². The van der Waals surface area contributed by atoms with Gasteiger partial charge in [0.1, 0.15) is 24.5 Å². The number of ether oxygens (including phenoxy) is 2. The molecule has 5 rings (SSSR count). The number of rotatable bonds is 3. The van der Waals surface area contributed by atoms with Crippen LogP contribution in [0.2, 0.25) is 0 Å². The van der Waals surface area contributed by atoms with Crippen molar-refractivity contribution in [1.82, 2.24) is 9.80 Å². The van der Waals surface area contributed by atoms with Crippen LogP contribution in [0.25, 0.3) is 22.1 Å². The summed E-state index contributed by atoms with van der Waals surface area (Å²) in [5, 5.41) is 11.3. The van der Waals surface area contributed by atoms with Gasteiger partial charge in [0.2, 0.25) is 0 Å². The molecule has 1 fully saturated rings. The molecule has 1 aromatic heterocycles. The number of nitrogens with zero attached hydrogens (tertiary/aromatic N) is 2. The molecular formula is C23H24N2O5. The van der Waals surface area contributed by atoms with E-state index >= 15 is 0 Å². The zero-order valence-electron chi connectivity index (χ0n) is 16.9. The average Bonchev–Trinajstić information content (AvgIpc) is 2.76. The minimum absolute atomic E-state index is 0.150. The number of phenols is 1. The largest absolute Gasteiger partial charge is 0.507 e. The van der Waals surface area contributed by atoms with Crippen LogP contribution in [0.15, 0.2) is 45.6 Å². The van der Waals surface area contributed by atoms with Gasteiger partial charge in [-0.15, -0.1) is 0 Å². The molecule has 0 amide bonds. The molecule has 30 heavy (non-hydrogen) atoms. The first-order chi connectivity index (χ1) is 14.6. The van der Waals surface area contributed by atoms with Crippen LogP contribution in [0, 0.1) is 0 Å². The molecular weight excluding hydrogens is 384 g/mol. The number of benzene rings is 2. The van der Waals surface area contributed by atoms with Crippen molar-refractivity contribution in [2.75, 3.05) is 46.4 Å². The standard InChI is InChI=1S/C23H24N2O5/c1-24-6-8-25(9-7-24)14-18-19(26)4-2-16-12-17(23(27)30-22(16)18)15-3-5-20-21(13-15)29-11-10-28-20/h2-5,12-13,26H,6-11,14H2,1H3. The summed E-state index contributed by atoms with van der Waals surface area (Å²) >= 11 is 0. The van der Waals surface area contributed by atoms with Gasteiger partial charge in [-0.05, 0) is 42.9 Å². The Morgan fingerprint density at radius 1 is 0.967 bits per heavy atom. The number of hydrogen-bond acceptors (Lipinski definition) is 7. The molecule has 2 aliphatic rings. The Labute approximate surface area is 174 Å². The highest BCUT2D eigenvalue weighted by Gasteiger charge is 2.20. The smallest absolute Gasteiger partial charge is 0.344 e. The normalized spacial score (nSPS) is 17.4. The molecule has 3 heterocycles. The summed E-state index contributed by atoms with van der Waals surface area (Å²) < 4.78 is 16.9. The van der Waals surface area contributed by atoms with Gasteiger partial charge in [-0.1, -0.05) is 6.07 Å². The number of hydrogen-bond donors (Lipinski definition) is 1. The summed E-state index contributed by atoms with van der Waals surface area (Å²) in [5.41, 5.74) is 1.83. The second kappa shape index (κ2) is 7.66. The Kier molecular flexibility index (Phi) is 4.84. The zero-order chi connectivity index (χ0) is 20.7. The van der Waals surface area contributed by atoms with Gasteiger partial charge in [0, 0.05) is 38.1 Å². The number of phenolic OH excluding ortho intramolecular Hbond substituents is 1. The lowest BCUT2D eigenvalue weighted by atomic mass is 10.0. The Morgan fingerprint density at radius 3 is 2.53 bits per heavy atom. The molecule has 0 aliphatic carbocycles. The monoisotopic (exact) mass is 408 g/mol. The molecule has 7 nitrogen and oxygen atoms in total. The van der Waals surface area contributed by atoms with Crippen LogP contribution in [0.1, 0.15) is 5.56 Å². The van der Waals surface area contributed by atoms with Crippen LogP contribution in [0.4, 0.5) is 0 Å². The van der Waals surface area contributed by atoms with E-state index in [-0.39, 0.29) is 5.75 Å². The van der Waals surface area contributed by atoms with Crippen molar-refractivity contribution in [3.63, 3.8) is 0 Å². The minimum Gasteiger partial charge on any atom is -0.507 e. The molecule has 2 aromatic carbocycles. The Morgan fingerprint density at radius 2 is 1.73 bits per heavy atom. The van der Waals surface area contributed by atoms with Crippen molar-refractivity contribution >= 4 is 11.0 Å². The summed E-state index contributed by atoms with van der Waals surface area (Å²) in [4.78, 5) is 17.4. The van der Waals surface area contributed by atoms with Gasteiger partial charge in [-0.3, -0.25) is 4.90 Å². The maximum absolute atomic E-state index is 12.9. The van der Waals surface area contributed by atoms with E-state index in [1.165, 1.54) is 0 Å². The van der Waals surface area contributed by atoms with E-state index in [9.17, 15) is 9.90 Å². The van der Waals surface area contributed by atoms with Gasteiger partial charge in [-0.25, -0.2) is 4.79 Å². The van der Waals surface area contributed by atoms with Crippen molar-refractivity contribution in [1.29, 1.82) is 0 Å². The fraction of sp³-hybridized carbons (Fsp3) is 0.348. The second-order valence-corrected chi connectivity index (χ2v) is 7.87. The quantitative estimate of drug-likeness (QED) is 0.668. The van der Waals surface area contributed by atoms with E-state index in [1.807, 2.05) is 18.2 Å². The average molecular weight is 408 g/mol. The third-order valence-electron chi connectivity index (χ3n) is 5.81. The first-order valence-corrected chi connectivity index (χ1v) is 10.2. The topological polar surface area (TPSA) is 75.4 Å². The number of likely N-dealkylation sites (N-methyl/N-ethyl adjacent to an activating group) is 1. The van der Waals surface area contributed by atoms with Gasteiger partial charge >= 0.3 is 5.63 Å². The minimum atomic E-state index is -0.440. The van der Waals surface area contributed by atoms with Crippen LogP contribution in [-0.2, 0) is 6.54 Å². The molecule has 7 heteroatoms. The molecule has 0 atom stereocenters. The summed E-state index contributed by atoms with van der Waals surface area (Å²) in [6.07, 6.45) is 0. The predicted octanol–water partition coefficient (Wildman–Crippen LogP) is 2.68. The zero-order valence-corrected chi connectivity index (χ0v) is 16.9. The van der Waals surface area contributed by atoms with Crippen LogP contribution >= 0.6 is 0 Å². The molecule has 0 spiro atoms. The first kappa shape index (κ1) is 19.0. The molecule has 2 aliphatic heterocycles. The van der Waals surface area contributed by atoms with Crippen LogP contribution in [0.5, 0.6) is 17.2 Å². The number of fused-ring (bicyclic) bond motifs is 2.